The molecular formula is C24H21FN3O2+. The fourth-order valence-electron chi connectivity index (χ4n) is 3.55. The van der Waals surface area contributed by atoms with Gasteiger partial charge in [-0.2, -0.15) is 0 Å². The van der Waals surface area contributed by atoms with Crippen molar-refractivity contribution in [3.63, 3.8) is 0 Å². The number of halogens is 1. The number of benzene rings is 3. The number of nitrogens with zero attached hydrogens (tertiary/aromatic N) is 1. The van der Waals surface area contributed by atoms with Crippen LogP contribution in [0.25, 0.3) is 0 Å². The Morgan fingerprint density at radius 3 is 2.47 bits per heavy atom. The summed E-state index contributed by atoms with van der Waals surface area (Å²) < 4.78 is 14.9. The Morgan fingerprint density at radius 2 is 1.77 bits per heavy atom. The van der Waals surface area contributed by atoms with Crippen LogP contribution in [0.3, 0.4) is 0 Å². The smallest absolute Gasteiger partial charge is 0.304 e. The van der Waals surface area contributed by atoms with Gasteiger partial charge in [0.25, 0.3) is 5.91 Å². The molecule has 0 saturated carbocycles. The van der Waals surface area contributed by atoms with Crippen LogP contribution < -0.4 is 10.7 Å². The van der Waals surface area contributed by atoms with E-state index in [-0.39, 0.29) is 17.6 Å². The molecule has 1 saturated heterocycles. The van der Waals surface area contributed by atoms with Crippen molar-refractivity contribution in [2.24, 2.45) is 0 Å². The first-order chi connectivity index (χ1) is 14.5. The molecular weight excluding hydrogens is 381 g/mol. The highest BCUT2D eigenvalue weighted by Gasteiger charge is 2.47. The number of carbonyl (C=O) groups excluding carboxylic acids is 2. The molecule has 30 heavy (non-hydrogen) atoms. The number of hydrazone groups is 1. The van der Waals surface area contributed by atoms with Crippen molar-refractivity contribution in [2.45, 2.75) is 19.0 Å². The minimum Gasteiger partial charge on any atom is -0.334 e. The van der Waals surface area contributed by atoms with Crippen molar-refractivity contribution in [1.82, 2.24) is 10.7 Å². The molecule has 5 nitrogen and oxygen atoms in total. The van der Waals surface area contributed by atoms with Gasteiger partial charge in [-0.3, -0.25) is 9.59 Å². The van der Waals surface area contributed by atoms with Crippen molar-refractivity contribution in [1.29, 1.82) is 0 Å². The summed E-state index contributed by atoms with van der Waals surface area (Å²) in [6, 6.07) is 21.4. The molecule has 2 N–H and O–H groups in total. The highest BCUT2D eigenvalue weighted by atomic mass is 19.1. The molecule has 3 aromatic rings. The fourth-order valence-corrected chi connectivity index (χ4v) is 3.55. The third-order valence-corrected chi connectivity index (χ3v) is 5.00. The fraction of sp³-hybridized carbons (Fsp3) is 0.125. The Bertz CT molecular complexity index is 1110. The molecule has 0 aliphatic carbocycles. The van der Waals surface area contributed by atoms with Gasteiger partial charge >= 0.3 is 5.91 Å². The molecule has 0 radical (unpaired) electrons. The average Bonchev–Trinajstić information content (AvgIpc) is 3.05. The van der Waals surface area contributed by atoms with Crippen molar-refractivity contribution >= 4 is 18.0 Å². The highest BCUT2D eigenvalue weighted by molar-refractivity contribution is 5.98. The molecule has 1 aliphatic heterocycles. The van der Waals surface area contributed by atoms with Crippen LogP contribution >= 0.6 is 0 Å². The molecule has 6 heteroatoms. The van der Waals surface area contributed by atoms with E-state index in [4.69, 9.17) is 0 Å². The van der Waals surface area contributed by atoms with Crippen molar-refractivity contribution in [3.8, 4) is 0 Å². The Hall–Kier alpha value is -3.80. The number of hydrazine groups is 1. The van der Waals surface area contributed by atoms with E-state index >= 15 is 0 Å². The zero-order valence-electron chi connectivity index (χ0n) is 16.4. The van der Waals surface area contributed by atoms with E-state index in [1.54, 1.807) is 35.2 Å². The molecule has 4 rings (SSSR count). The number of amides is 2. The second-order valence-electron chi connectivity index (χ2n) is 7.24. The van der Waals surface area contributed by atoms with Crippen LogP contribution in [0.4, 0.5) is 4.39 Å². The number of aryl methyl sites for hydroxylation is 1. The summed E-state index contributed by atoms with van der Waals surface area (Å²) >= 11 is 0. The molecule has 1 aliphatic rings. The lowest BCUT2D eigenvalue weighted by molar-refractivity contribution is -0.596. The number of rotatable bonds is 4. The van der Waals surface area contributed by atoms with Gasteiger partial charge in [-0.15, -0.1) is 10.1 Å². The first kappa shape index (κ1) is 19.5. The minimum atomic E-state index is -0.794. The van der Waals surface area contributed by atoms with E-state index in [0.717, 1.165) is 16.7 Å². The van der Waals surface area contributed by atoms with Gasteiger partial charge in [0.1, 0.15) is 5.82 Å². The quantitative estimate of drug-likeness (QED) is 0.659. The summed E-state index contributed by atoms with van der Waals surface area (Å²) in [5, 5.41) is 2.87. The maximum Gasteiger partial charge on any atom is 0.304 e. The van der Waals surface area contributed by atoms with Crippen molar-refractivity contribution in [3.05, 3.63) is 107 Å². The molecule has 0 bridgehead atoms. The van der Waals surface area contributed by atoms with Crippen LogP contribution in [0.5, 0.6) is 0 Å². The number of hydrogen-bond donors (Lipinski definition) is 2. The average molecular weight is 402 g/mol. The largest absolute Gasteiger partial charge is 0.334 e. The lowest BCUT2D eigenvalue weighted by atomic mass is 9.99. The second kappa shape index (κ2) is 8.29. The van der Waals surface area contributed by atoms with E-state index < -0.39 is 12.1 Å². The van der Waals surface area contributed by atoms with Crippen molar-refractivity contribution in [2.75, 3.05) is 0 Å². The molecule has 0 spiro atoms. The van der Waals surface area contributed by atoms with Gasteiger partial charge in [0.2, 0.25) is 12.3 Å². The predicted octanol–water partition coefficient (Wildman–Crippen LogP) is 3.15. The number of hydrogen-bond acceptors (Lipinski definition) is 2. The Labute approximate surface area is 173 Å². The molecule has 0 aromatic heterocycles. The standard InChI is InChI=1S/C24H20FN3O2/c1-16-6-5-9-19(14-16)23(29)26-21-22(18-7-3-2-4-8-18)28(27-24(21)30)15-17-10-12-20(25)13-11-17/h2-15,21-22H,1H3,(H-,26,27,29,30)/p+1/b28-15-/t21-,22+/m1/s1. The molecule has 2 amide bonds. The van der Waals surface area contributed by atoms with Gasteiger partial charge in [0.05, 0.1) is 0 Å². The molecule has 150 valence electrons. The summed E-state index contributed by atoms with van der Waals surface area (Å²) in [7, 11) is 0. The number of carbonyl (C=O) groups is 2. The van der Waals surface area contributed by atoms with E-state index in [1.807, 2.05) is 49.4 Å². The zero-order valence-corrected chi connectivity index (χ0v) is 16.4. The first-order valence-corrected chi connectivity index (χ1v) is 9.63. The van der Waals surface area contributed by atoms with E-state index in [1.165, 1.54) is 12.1 Å². The van der Waals surface area contributed by atoms with Gasteiger partial charge in [-0.1, -0.05) is 48.0 Å². The van der Waals surface area contributed by atoms with Gasteiger partial charge in [-0.25, -0.2) is 4.39 Å². The van der Waals surface area contributed by atoms with Crippen LogP contribution in [0, 0.1) is 12.7 Å². The SMILES string of the molecule is Cc1cccc(C(=O)N[C@H]2C(=O)N/[N+](=C\c3ccc(F)cc3)[C@H]2c2ccccc2)c1. The molecule has 3 aromatic carbocycles. The summed E-state index contributed by atoms with van der Waals surface area (Å²) in [6.45, 7) is 1.91. The monoisotopic (exact) mass is 402 g/mol. The number of nitrogens with one attached hydrogen (secondary N) is 2. The first-order valence-electron chi connectivity index (χ1n) is 9.63. The third kappa shape index (κ3) is 4.12. The lowest BCUT2D eigenvalue weighted by Crippen LogP contribution is -2.42. The zero-order chi connectivity index (χ0) is 21.1. The lowest BCUT2D eigenvalue weighted by Gasteiger charge is -2.15. The third-order valence-electron chi connectivity index (χ3n) is 5.00. The Morgan fingerprint density at radius 1 is 1.03 bits per heavy atom. The Kier molecular flexibility index (Phi) is 5.39. The topological polar surface area (TPSA) is 61.2 Å². The summed E-state index contributed by atoms with van der Waals surface area (Å²) in [4.78, 5) is 25.6. The molecule has 1 heterocycles. The minimum absolute atomic E-state index is 0.316. The van der Waals surface area contributed by atoms with Gasteiger partial charge in [0, 0.05) is 16.7 Å². The van der Waals surface area contributed by atoms with Crippen LogP contribution in [-0.4, -0.2) is 28.8 Å². The summed E-state index contributed by atoms with van der Waals surface area (Å²) in [6.07, 6.45) is 1.73. The molecule has 0 unspecified atom stereocenters. The van der Waals surface area contributed by atoms with Crippen molar-refractivity contribution < 1.29 is 18.7 Å². The Balaban J connectivity index is 1.69. The van der Waals surface area contributed by atoms with Crippen LogP contribution in [0.15, 0.2) is 78.9 Å². The summed E-state index contributed by atoms with van der Waals surface area (Å²) in [5.41, 5.74) is 5.86. The van der Waals surface area contributed by atoms with E-state index in [0.29, 0.717) is 5.56 Å². The van der Waals surface area contributed by atoms with Gasteiger partial charge < -0.3 is 5.32 Å². The maximum atomic E-state index is 13.3. The molecule has 1 fully saturated rings. The van der Waals surface area contributed by atoms with Crippen LogP contribution in [0.2, 0.25) is 0 Å². The molecule has 2 atom stereocenters. The summed E-state index contributed by atoms with van der Waals surface area (Å²) in [5.74, 6) is -0.966. The van der Waals surface area contributed by atoms with Gasteiger partial charge in [0.15, 0.2) is 6.04 Å². The highest BCUT2D eigenvalue weighted by Crippen LogP contribution is 2.25. The van der Waals surface area contributed by atoms with E-state index in [9.17, 15) is 14.0 Å². The predicted molar refractivity (Wildman–Crippen MR) is 112 cm³/mol. The van der Waals surface area contributed by atoms with E-state index in [2.05, 4.69) is 10.7 Å². The second-order valence-corrected chi connectivity index (χ2v) is 7.24. The maximum absolute atomic E-state index is 13.3. The normalized spacial score (nSPS) is 19.5. The van der Waals surface area contributed by atoms with Gasteiger partial charge in [-0.05, 0) is 43.3 Å². The van der Waals surface area contributed by atoms with Crippen LogP contribution in [0.1, 0.15) is 33.1 Å². The van der Waals surface area contributed by atoms with Crippen LogP contribution in [-0.2, 0) is 4.79 Å².